The van der Waals surface area contributed by atoms with Gasteiger partial charge in [0.25, 0.3) is 0 Å². The molecule has 12 nitrogen and oxygen atoms in total. The average Bonchev–Trinajstić information content (AvgIpc) is 4.06. The van der Waals surface area contributed by atoms with Gasteiger partial charge in [-0.05, 0) is 109 Å². The quantitative estimate of drug-likeness (QED) is 0.0292. The van der Waals surface area contributed by atoms with Crippen LogP contribution in [0.4, 0.5) is 11.6 Å². The third kappa shape index (κ3) is 16.9. The summed E-state index contributed by atoms with van der Waals surface area (Å²) in [5.74, 6) is 6.76. The summed E-state index contributed by atoms with van der Waals surface area (Å²) in [5.41, 5.74) is 4.36. The molecular weight excluding hydrogens is 1040 g/mol. The van der Waals surface area contributed by atoms with E-state index in [1.807, 2.05) is 27.5 Å². The van der Waals surface area contributed by atoms with Crippen molar-refractivity contribution in [3.63, 3.8) is 0 Å². The minimum absolute atomic E-state index is 0.516. The van der Waals surface area contributed by atoms with Gasteiger partial charge in [-0.3, -0.25) is 0 Å². The molecule has 0 aromatic carbocycles. The maximum Gasteiger partial charge on any atom is 0.171 e. The van der Waals surface area contributed by atoms with E-state index in [9.17, 15) is 0 Å². The summed E-state index contributed by atoms with van der Waals surface area (Å²) in [4.78, 5) is 14.7. The second-order valence-electron chi connectivity index (χ2n) is 26.3. The van der Waals surface area contributed by atoms with Crippen LogP contribution in [0.3, 0.4) is 0 Å². The van der Waals surface area contributed by atoms with Gasteiger partial charge in [0.2, 0.25) is 0 Å². The number of fused-ring (bicyclic) bond motifs is 6. The van der Waals surface area contributed by atoms with Crippen molar-refractivity contribution in [1.82, 2.24) is 29.2 Å². The molecule has 4 heterocycles. The van der Waals surface area contributed by atoms with Crippen LogP contribution in [-0.2, 0) is 18.9 Å². The van der Waals surface area contributed by atoms with E-state index in [4.69, 9.17) is 34.0 Å². The van der Waals surface area contributed by atoms with Crippen LogP contribution < -0.4 is 9.80 Å². The van der Waals surface area contributed by atoms with Crippen molar-refractivity contribution < 1.29 is 18.9 Å². The zero-order valence-electron chi connectivity index (χ0n) is 45.0. The standard InChI is InChI=1S/C26H45IN4O2Si2.C26H46N4O2Si2/c1-34(2,3)11-9-32-18-30(19-33-10-12-35(4,5)6)25-16-24(29-26-23(27)17-28-31(25)26)22-14-20-7-8-21(13-20)15-22;1-33(2,3)13-11-31-19-29(20-32-12-14-34(4,5)6)26-18-24(28-25-9-10-27-30(25)26)23-16-21-7-8-22(15-21)17-23/h16-17,20-22H,7-15,18-19H2,1-6H3;9-10,18,21-23H,7-8,11-17,19-20H2,1-6H3/t20-,21+,22?;21-,22+,23?. The Labute approximate surface area is 434 Å². The molecule has 17 heteroatoms. The molecule has 0 saturated heterocycles. The highest BCUT2D eigenvalue weighted by Gasteiger charge is 2.37. The molecule has 4 saturated carbocycles. The van der Waals surface area contributed by atoms with Crippen LogP contribution in [-0.4, -0.2) is 115 Å². The Kier molecular flexibility index (Phi) is 19.2. The number of anilines is 2. The minimum atomic E-state index is -1.14. The number of nitrogens with zero attached hydrogens (tertiary/aromatic N) is 8. The van der Waals surface area contributed by atoms with Gasteiger partial charge in [0.1, 0.15) is 38.6 Å². The smallest absolute Gasteiger partial charge is 0.171 e. The molecule has 386 valence electrons. The lowest BCUT2D eigenvalue weighted by molar-refractivity contribution is 0.0940. The first-order valence-corrected chi connectivity index (χ1v) is 42.7. The van der Waals surface area contributed by atoms with Crippen molar-refractivity contribution in [1.29, 1.82) is 0 Å². The van der Waals surface area contributed by atoms with Crippen molar-refractivity contribution in [3.8, 4) is 0 Å². The molecular formula is C52H91IN8O4Si4. The van der Waals surface area contributed by atoms with Gasteiger partial charge in [0.05, 0.1) is 16.0 Å². The van der Waals surface area contributed by atoms with Crippen LogP contribution >= 0.6 is 22.6 Å². The topological polar surface area (TPSA) is 104 Å². The summed E-state index contributed by atoms with van der Waals surface area (Å²) < 4.78 is 29.9. The summed E-state index contributed by atoms with van der Waals surface area (Å²) in [6.45, 7) is 34.0. The van der Waals surface area contributed by atoms with Gasteiger partial charge in [-0.15, -0.1) is 0 Å². The fourth-order valence-electron chi connectivity index (χ4n) is 10.8. The van der Waals surface area contributed by atoms with Gasteiger partial charge >= 0.3 is 0 Å². The Morgan fingerprint density at radius 2 is 0.899 bits per heavy atom. The second-order valence-corrected chi connectivity index (χ2v) is 50.0. The van der Waals surface area contributed by atoms with Crippen LogP contribution in [0.25, 0.3) is 11.3 Å². The second kappa shape index (κ2) is 24.1. The maximum atomic E-state index is 6.24. The number of rotatable bonds is 24. The van der Waals surface area contributed by atoms with Crippen molar-refractivity contribution in [2.24, 2.45) is 23.7 Å². The first-order valence-electron chi connectivity index (χ1n) is 26.8. The third-order valence-electron chi connectivity index (χ3n) is 15.0. The van der Waals surface area contributed by atoms with Crippen LogP contribution in [0.2, 0.25) is 103 Å². The summed E-state index contributed by atoms with van der Waals surface area (Å²) in [6.07, 6.45) is 17.4. The van der Waals surface area contributed by atoms with E-state index in [1.54, 1.807) is 0 Å². The molecule has 69 heavy (non-hydrogen) atoms. The van der Waals surface area contributed by atoms with Gasteiger partial charge in [-0.1, -0.05) is 104 Å². The van der Waals surface area contributed by atoms with Crippen LogP contribution in [0, 0.1) is 27.2 Å². The molecule has 4 aliphatic rings. The monoisotopic (exact) mass is 1130 g/mol. The van der Waals surface area contributed by atoms with Gasteiger partial charge < -0.3 is 28.7 Å². The Morgan fingerprint density at radius 3 is 1.29 bits per heavy atom. The Morgan fingerprint density at radius 1 is 0.522 bits per heavy atom. The highest BCUT2D eigenvalue weighted by molar-refractivity contribution is 14.1. The van der Waals surface area contributed by atoms with Gasteiger partial charge in [-0.2, -0.15) is 19.2 Å². The Balaban J connectivity index is 0.000000204. The molecule has 0 radical (unpaired) electrons. The van der Waals surface area contributed by atoms with E-state index in [2.05, 4.69) is 128 Å². The lowest BCUT2D eigenvalue weighted by atomic mass is 9.79. The fraction of sp³-hybridized carbons (Fsp3) is 0.769. The van der Waals surface area contributed by atoms with Gasteiger partial charge in [0.15, 0.2) is 11.3 Å². The highest BCUT2D eigenvalue weighted by Crippen LogP contribution is 2.49. The van der Waals surface area contributed by atoms with Crippen molar-refractivity contribution in [2.75, 3.05) is 63.2 Å². The van der Waals surface area contributed by atoms with Crippen molar-refractivity contribution in [3.05, 3.63) is 45.6 Å². The number of hydrogen-bond acceptors (Lipinski definition) is 10. The average molecular weight is 1130 g/mol. The lowest BCUT2D eigenvalue weighted by Gasteiger charge is -2.30. The molecule has 2 unspecified atom stereocenters. The largest absolute Gasteiger partial charge is 0.361 e. The summed E-state index contributed by atoms with van der Waals surface area (Å²) in [7, 11) is -4.54. The van der Waals surface area contributed by atoms with E-state index in [0.717, 1.165) is 76.6 Å². The number of hydrogen-bond donors (Lipinski definition) is 0. The predicted molar refractivity (Wildman–Crippen MR) is 305 cm³/mol. The number of halogens is 1. The highest BCUT2D eigenvalue weighted by atomic mass is 127. The molecule has 4 aromatic rings. The van der Waals surface area contributed by atoms with E-state index in [1.165, 1.54) is 99.8 Å². The van der Waals surface area contributed by atoms with E-state index in [0.29, 0.717) is 38.8 Å². The molecule has 4 aliphatic carbocycles. The zero-order chi connectivity index (χ0) is 49.6. The molecule has 0 amide bonds. The molecule has 8 rings (SSSR count). The molecule has 0 spiro atoms. The Hall–Kier alpha value is -1.72. The summed E-state index contributed by atoms with van der Waals surface area (Å²) >= 11 is 2.37. The number of ether oxygens (including phenoxy) is 4. The van der Waals surface area contributed by atoms with Gasteiger partial charge in [-0.25, -0.2) is 9.97 Å². The molecule has 0 aliphatic heterocycles. The maximum absolute atomic E-state index is 6.24. The van der Waals surface area contributed by atoms with E-state index >= 15 is 0 Å². The molecule has 4 aromatic heterocycles. The fourth-order valence-corrected chi connectivity index (χ4v) is 14.3. The molecule has 4 bridgehead atoms. The minimum Gasteiger partial charge on any atom is -0.361 e. The van der Waals surface area contributed by atoms with Crippen LogP contribution in [0.1, 0.15) is 87.4 Å². The molecule has 0 N–H and O–H groups in total. The van der Waals surface area contributed by atoms with Crippen LogP contribution in [0.15, 0.2) is 30.6 Å². The van der Waals surface area contributed by atoms with Crippen molar-refractivity contribution in [2.45, 2.75) is 179 Å². The molecule has 4 fully saturated rings. The summed E-state index contributed by atoms with van der Waals surface area (Å²) in [5, 5.41) is 9.33. The summed E-state index contributed by atoms with van der Waals surface area (Å²) in [6, 6.07) is 11.3. The van der Waals surface area contributed by atoms with E-state index in [-0.39, 0.29) is 0 Å². The first-order chi connectivity index (χ1) is 32.6. The van der Waals surface area contributed by atoms with Gasteiger partial charge in [0, 0.05) is 100 Å². The normalized spacial score (nSPS) is 22.9. The molecule has 6 atom stereocenters. The SMILES string of the molecule is C[Si](C)(C)CCOCN(COCC[Si](C)(C)C)c1cc(C2C[C@H]3CC[C@@H](C2)C3)nc2c(I)cnn12.C[Si](C)(C)CCOCN(COCC[Si](C)(C)C)c1cc(C2C[C@H]3CC[C@@H](C2)C3)nc2ccnn12. The number of aromatic nitrogens is 6. The van der Waals surface area contributed by atoms with E-state index < -0.39 is 32.3 Å². The third-order valence-corrected chi connectivity index (χ3v) is 22.6. The zero-order valence-corrected chi connectivity index (χ0v) is 51.2. The Bertz CT molecular complexity index is 2170. The van der Waals surface area contributed by atoms with Crippen molar-refractivity contribution >= 4 is 77.8 Å². The lowest BCUT2D eigenvalue weighted by Crippen LogP contribution is -2.33. The first kappa shape index (κ1) is 55.0. The predicted octanol–water partition coefficient (Wildman–Crippen LogP) is 13.5. The van der Waals surface area contributed by atoms with Crippen LogP contribution in [0.5, 0.6) is 0 Å².